The summed E-state index contributed by atoms with van der Waals surface area (Å²) in [6.07, 6.45) is 5.47. The Hall–Kier alpha value is -1.03. The van der Waals surface area contributed by atoms with Gasteiger partial charge >= 0.3 is 0 Å². The molecule has 1 saturated heterocycles. The van der Waals surface area contributed by atoms with Gasteiger partial charge in [-0.1, -0.05) is 13.8 Å². The van der Waals surface area contributed by atoms with Crippen LogP contribution in [0.25, 0.3) is 0 Å². The van der Waals surface area contributed by atoms with E-state index in [1.807, 2.05) is 10.9 Å². The molecule has 1 atom stereocenters. The molecular formula is C15H28N4. The molecule has 0 aliphatic carbocycles. The first-order valence-electron chi connectivity index (χ1n) is 7.56. The number of rotatable bonds is 6. The van der Waals surface area contributed by atoms with Crippen LogP contribution < -0.4 is 10.2 Å². The zero-order valence-corrected chi connectivity index (χ0v) is 12.8. The molecule has 1 aliphatic rings. The van der Waals surface area contributed by atoms with Crippen molar-refractivity contribution in [1.29, 1.82) is 0 Å². The maximum atomic E-state index is 4.43. The summed E-state index contributed by atoms with van der Waals surface area (Å²) >= 11 is 0. The molecule has 0 spiro atoms. The maximum Gasteiger partial charge on any atom is 0.0752 e. The summed E-state index contributed by atoms with van der Waals surface area (Å²) in [6, 6.07) is 0.444. The van der Waals surface area contributed by atoms with E-state index < -0.39 is 0 Å². The van der Waals surface area contributed by atoms with E-state index in [1.54, 1.807) is 0 Å². The van der Waals surface area contributed by atoms with Gasteiger partial charge in [0.25, 0.3) is 0 Å². The molecule has 0 bridgehead atoms. The Morgan fingerprint density at radius 1 is 1.37 bits per heavy atom. The van der Waals surface area contributed by atoms with Crippen LogP contribution >= 0.6 is 0 Å². The SMILES string of the molecule is CC(C)CNCC1CCN(c2cnn(C(C)C)c2)C1. The topological polar surface area (TPSA) is 33.1 Å². The van der Waals surface area contributed by atoms with Crippen LogP contribution in [-0.2, 0) is 0 Å². The van der Waals surface area contributed by atoms with E-state index in [9.17, 15) is 0 Å². The highest BCUT2D eigenvalue weighted by Gasteiger charge is 2.23. The van der Waals surface area contributed by atoms with Gasteiger partial charge in [-0.3, -0.25) is 4.68 Å². The second-order valence-electron chi connectivity index (χ2n) is 6.43. The first kappa shape index (κ1) is 14.4. The molecule has 1 aromatic rings. The lowest BCUT2D eigenvalue weighted by atomic mass is 10.1. The minimum absolute atomic E-state index is 0.444. The number of nitrogens with zero attached hydrogens (tertiary/aromatic N) is 3. The van der Waals surface area contributed by atoms with Gasteiger partial charge in [0.15, 0.2) is 0 Å². The van der Waals surface area contributed by atoms with Gasteiger partial charge in [0.1, 0.15) is 0 Å². The van der Waals surface area contributed by atoms with Gasteiger partial charge in [0, 0.05) is 25.3 Å². The van der Waals surface area contributed by atoms with Crippen LogP contribution in [0.3, 0.4) is 0 Å². The van der Waals surface area contributed by atoms with Crippen LogP contribution in [0.4, 0.5) is 5.69 Å². The average molecular weight is 264 g/mol. The van der Waals surface area contributed by atoms with Crippen molar-refractivity contribution in [2.75, 3.05) is 31.1 Å². The number of nitrogens with one attached hydrogen (secondary N) is 1. The molecule has 1 aromatic heterocycles. The molecular weight excluding hydrogens is 236 g/mol. The number of hydrogen-bond donors (Lipinski definition) is 1. The Bertz CT molecular complexity index is 383. The van der Waals surface area contributed by atoms with Crippen LogP contribution in [0.2, 0.25) is 0 Å². The predicted molar refractivity (Wildman–Crippen MR) is 80.6 cm³/mol. The second kappa shape index (κ2) is 6.42. The van der Waals surface area contributed by atoms with Gasteiger partial charge in [-0.2, -0.15) is 5.10 Å². The number of hydrogen-bond acceptors (Lipinski definition) is 3. The molecule has 1 N–H and O–H groups in total. The molecule has 0 saturated carbocycles. The van der Waals surface area contributed by atoms with Crippen molar-refractivity contribution in [2.45, 2.75) is 40.2 Å². The molecule has 2 heterocycles. The van der Waals surface area contributed by atoms with Crippen LogP contribution in [-0.4, -0.2) is 36.0 Å². The minimum atomic E-state index is 0.444. The molecule has 1 fully saturated rings. The smallest absolute Gasteiger partial charge is 0.0752 e. The third-order valence-electron chi connectivity index (χ3n) is 3.75. The molecule has 0 radical (unpaired) electrons. The van der Waals surface area contributed by atoms with Crippen molar-refractivity contribution >= 4 is 5.69 Å². The van der Waals surface area contributed by atoms with Crippen molar-refractivity contribution < 1.29 is 0 Å². The van der Waals surface area contributed by atoms with E-state index >= 15 is 0 Å². The standard InChI is InChI=1S/C15H28N4/c1-12(2)7-16-8-14-5-6-18(10-14)15-9-17-19(11-15)13(3)4/h9,11-14,16H,5-8,10H2,1-4H3. The normalized spacial score (nSPS) is 19.9. The van der Waals surface area contributed by atoms with Gasteiger partial charge in [0.05, 0.1) is 11.9 Å². The van der Waals surface area contributed by atoms with Crippen LogP contribution in [0.5, 0.6) is 0 Å². The third-order valence-corrected chi connectivity index (χ3v) is 3.75. The maximum absolute atomic E-state index is 4.43. The van der Waals surface area contributed by atoms with E-state index in [4.69, 9.17) is 0 Å². The summed E-state index contributed by atoms with van der Waals surface area (Å²) < 4.78 is 2.04. The summed E-state index contributed by atoms with van der Waals surface area (Å²) in [5.41, 5.74) is 1.28. The molecule has 2 rings (SSSR count). The Morgan fingerprint density at radius 2 is 2.16 bits per heavy atom. The lowest BCUT2D eigenvalue weighted by Gasteiger charge is -2.17. The predicted octanol–water partition coefficient (Wildman–Crippen LogP) is 2.54. The fraction of sp³-hybridized carbons (Fsp3) is 0.800. The Kier molecular flexibility index (Phi) is 4.86. The van der Waals surface area contributed by atoms with Gasteiger partial charge in [-0.05, 0) is 45.2 Å². The lowest BCUT2D eigenvalue weighted by Crippen LogP contribution is -2.28. The minimum Gasteiger partial charge on any atom is -0.369 e. The zero-order valence-electron chi connectivity index (χ0n) is 12.8. The third kappa shape index (κ3) is 3.96. The highest BCUT2D eigenvalue weighted by atomic mass is 15.3. The Labute approximate surface area is 117 Å². The molecule has 108 valence electrons. The molecule has 4 heteroatoms. The summed E-state index contributed by atoms with van der Waals surface area (Å²) in [5.74, 6) is 1.52. The van der Waals surface area contributed by atoms with E-state index in [-0.39, 0.29) is 0 Å². The lowest BCUT2D eigenvalue weighted by molar-refractivity contribution is 0.477. The van der Waals surface area contributed by atoms with Crippen LogP contribution in [0.1, 0.15) is 40.2 Å². The van der Waals surface area contributed by atoms with Crippen molar-refractivity contribution in [1.82, 2.24) is 15.1 Å². The average Bonchev–Trinajstić information content (AvgIpc) is 2.95. The van der Waals surface area contributed by atoms with Crippen molar-refractivity contribution in [3.63, 3.8) is 0 Å². The van der Waals surface area contributed by atoms with E-state index in [0.717, 1.165) is 38.0 Å². The first-order valence-corrected chi connectivity index (χ1v) is 7.56. The number of anilines is 1. The van der Waals surface area contributed by atoms with Gasteiger partial charge < -0.3 is 10.2 Å². The monoisotopic (exact) mass is 264 g/mol. The van der Waals surface area contributed by atoms with Gasteiger partial charge in [-0.25, -0.2) is 0 Å². The fourth-order valence-corrected chi connectivity index (χ4v) is 2.58. The largest absolute Gasteiger partial charge is 0.369 e. The Balaban J connectivity index is 1.80. The molecule has 1 unspecified atom stereocenters. The van der Waals surface area contributed by atoms with Crippen molar-refractivity contribution in [2.24, 2.45) is 11.8 Å². The van der Waals surface area contributed by atoms with Gasteiger partial charge in [0.2, 0.25) is 0 Å². The molecule has 0 aromatic carbocycles. The molecule has 0 amide bonds. The van der Waals surface area contributed by atoms with Crippen molar-refractivity contribution in [3.8, 4) is 0 Å². The molecule has 4 nitrogen and oxygen atoms in total. The molecule has 19 heavy (non-hydrogen) atoms. The van der Waals surface area contributed by atoms with E-state index in [1.165, 1.54) is 12.1 Å². The quantitative estimate of drug-likeness (QED) is 0.857. The van der Waals surface area contributed by atoms with Crippen LogP contribution in [0.15, 0.2) is 12.4 Å². The van der Waals surface area contributed by atoms with E-state index in [0.29, 0.717) is 6.04 Å². The first-order chi connectivity index (χ1) is 9.06. The summed E-state index contributed by atoms with van der Waals surface area (Å²) in [7, 11) is 0. The fourth-order valence-electron chi connectivity index (χ4n) is 2.58. The Morgan fingerprint density at radius 3 is 2.79 bits per heavy atom. The number of aromatic nitrogens is 2. The molecule has 1 aliphatic heterocycles. The highest BCUT2D eigenvalue weighted by Crippen LogP contribution is 2.23. The van der Waals surface area contributed by atoms with Gasteiger partial charge in [-0.15, -0.1) is 0 Å². The highest BCUT2D eigenvalue weighted by molar-refractivity contribution is 5.43. The van der Waals surface area contributed by atoms with E-state index in [2.05, 4.69) is 49.2 Å². The van der Waals surface area contributed by atoms with Crippen LogP contribution in [0, 0.1) is 11.8 Å². The second-order valence-corrected chi connectivity index (χ2v) is 6.43. The summed E-state index contributed by atoms with van der Waals surface area (Å²) in [5, 5.41) is 8.00. The summed E-state index contributed by atoms with van der Waals surface area (Å²) in [4.78, 5) is 2.47. The van der Waals surface area contributed by atoms with Crippen molar-refractivity contribution in [3.05, 3.63) is 12.4 Å². The summed E-state index contributed by atoms with van der Waals surface area (Å²) in [6.45, 7) is 13.4. The zero-order chi connectivity index (χ0) is 13.8.